The normalized spacial score (nSPS) is 12.8. The monoisotopic (exact) mass is 442 g/mol. The van der Waals surface area contributed by atoms with Gasteiger partial charge in [0.15, 0.2) is 5.69 Å². The molecule has 0 radical (unpaired) electrons. The molecule has 0 atom stereocenters. The minimum atomic E-state index is -5.04. The van der Waals surface area contributed by atoms with Crippen LogP contribution in [0.5, 0.6) is 0 Å². The lowest BCUT2D eigenvalue weighted by Gasteiger charge is -2.16. The molecule has 3 aromatic rings. The fourth-order valence-corrected chi connectivity index (χ4v) is 2.66. The number of nitrogens with zero attached hydrogens (tertiary/aromatic N) is 3. The first-order valence-corrected chi connectivity index (χ1v) is 8.58. The van der Waals surface area contributed by atoms with Crippen molar-refractivity contribution in [3.8, 4) is 5.69 Å². The third kappa shape index (κ3) is 4.91. The Balaban J connectivity index is 1.90. The molecule has 164 valence electrons. The van der Waals surface area contributed by atoms with Crippen molar-refractivity contribution >= 4 is 17.1 Å². The molecule has 0 saturated heterocycles. The van der Waals surface area contributed by atoms with Crippen molar-refractivity contribution in [2.75, 3.05) is 10.7 Å². The van der Waals surface area contributed by atoms with Gasteiger partial charge in [0.2, 0.25) is 0 Å². The van der Waals surface area contributed by atoms with Gasteiger partial charge in [-0.3, -0.25) is 5.01 Å². The SMILES string of the molecule is N/C(=C\N(N)c1ccc(-n2nc(C(F)(F)F)cc2C(F)(F)F)cc1)c1ccc(N)cc1. The summed E-state index contributed by atoms with van der Waals surface area (Å²) in [7, 11) is 0. The molecule has 0 saturated carbocycles. The number of halogens is 6. The van der Waals surface area contributed by atoms with Crippen molar-refractivity contribution in [2.24, 2.45) is 11.6 Å². The highest BCUT2D eigenvalue weighted by Crippen LogP contribution is 2.36. The number of nitrogens with two attached hydrogens (primary N) is 3. The van der Waals surface area contributed by atoms with E-state index in [-0.39, 0.29) is 22.1 Å². The molecule has 1 aromatic heterocycles. The molecule has 0 aliphatic rings. The van der Waals surface area contributed by atoms with Crippen molar-refractivity contribution in [3.63, 3.8) is 0 Å². The van der Waals surface area contributed by atoms with Crippen LogP contribution in [0, 0.1) is 0 Å². The van der Waals surface area contributed by atoms with Gasteiger partial charge in [-0.15, -0.1) is 0 Å². The van der Waals surface area contributed by atoms with Gasteiger partial charge in [0.05, 0.1) is 17.1 Å². The van der Waals surface area contributed by atoms with Gasteiger partial charge in [-0.25, -0.2) is 10.5 Å². The molecule has 0 spiro atoms. The average molecular weight is 442 g/mol. The number of rotatable bonds is 4. The largest absolute Gasteiger partial charge is 0.435 e. The molecule has 3 rings (SSSR count). The van der Waals surface area contributed by atoms with E-state index < -0.39 is 23.7 Å². The zero-order valence-corrected chi connectivity index (χ0v) is 15.6. The number of hydrogen-bond donors (Lipinski definition) is 3. The molecule has 0 fully saturated rings. The summed E-state index contributed by atoms with van der Waals surface area (Å²) >= 11 is 0. The van der Waals surface area contributed by atoms with Crippen molar-refractivity contribution in [2.45, 2.75) is 12.4 Å². The number of anilines is 2. The molecule has 1 heterocycles. The van der Waals surface area contributed by atoms with Gasteiger partial charge in [0, 0.05) is 18.0 Å². The van der Waals surface area contributed by atoms with E-state index in [0.717, 1.165) is 17.1 Å². The molecule has 6 nitrogen and oxygen atoms in total. The van der Waals surface area contributed by atoms with Crippen LogP contribution in [-0.4, -0.2) is 9.78 Å². The van der Waals surface area contributed by atoms with Gasteiger partial charge in [-0.2, -0.15) is 31.4 Å². The fourth-order valence-electron chi connectivity index (χ4n) is 2.66. The summed E-state index contributed by atoms with van der Waals surface area (Å²) in [5, 5.41) is 4.19. The van der Waals surface area contributed by atoms with Crippen molar-refractivity contribution in [1.82, 2.24) is 9.78 Å². The Bertz CT molecular complexity index is 1080. The number of benzene rings is 2. The first kappa shape index (κ1) is 22.0. The second kappa shape index (κ2) is 7.87. The maximum Gasteiger partial charge on any atom is 0.435 e. The summed E-state index contributed by atoms with van der Waals surface area (Å²) in [4.78, 5) is 0. The molecular weight excluding hydrogens is 426 g/mol. The van der Waals surface area contributed by atoms with Crippen LogP contribution in [0.2, 0.25) is 0 Å². The molecule has 6 N–H and O–H groups in total. The van der Waals surface area contributed by atoms with Crippen LogP contribution in [0.25, 0.3) is 11.4 Å². The van der Waals surface area contributed by atoms with Gasteiger partial charge in [0.1, 0.15) is 5.69 Å². The number of alkyl halides is 6. The Labute approximate surface area is 172 Å². The summed E-state index contributed by atoms with van der Waals surface area (Å²) < 4.78 is 78.3. The maximum absolute atomic E-state index is 13.2. The first-order chi connectivity index (χ1) is 14.4. The van der Waals surface area contributed by atoms with Crippen LogP contribution in [-0.2, 0) is 12.4 Å². The van der Waals surface area contributed by atoms with Crippen molar-refractivity contribution in [3.05, 3.63) is 77.7 Å². The Morgan fingerprint density at radius 1 is 0.903 bits per heavy atom. The van der Waals surface area contributed by atoms with Crippen LogP contribution < -0.4 is 22.3 Å². The zero-order valence-electron chi connectivity index (χ0n) is 15.6. The van der Waals surface area contributed by atoms with Crippen LogP contribution >= 0.6 is 0 Å². The maximum atomic E-state index is 13.2. The molecule has 0 bridgehead atoms. The van der Waals surface area contributed by atoms with Crippen LogP contribution in [0.15, 0.2) is 60.8 Å². The van der Waals surface area contributed by atoms with E-state index in [1.165, 1.54) is 18.3 Å². The Kier molecular flexibility index (Phi) is 5.59. The highest BCUT2D eigenvalue weighted by Gasteiger charge is 2.42. The summed E-state index contributed by atoms with van der Waals surface area (Å²) in [5.41, 5.74) is 9.93. The van der Waals surface area contributed by atoms with Gasteiger partial charge in [-0.05, 0) is 42.0 Å². The molecule has 0 aliphatic carbocycles. The lowest BCUT2D eigenvalue weighted by atomic mass is 10.1. The number of aromatic nitrogens is 2. The van der Waals surface area contributed by atoms with Crippen molar-refractivity contribution < 1.29 is 26.3 Å². The molecular formula is C19H16F6N6. The molecule has 2 aromatic carbocycles. The topological polar surface area (TPSA) is 99.1 Å². The number of nitrogen functional groups attached to an aromatic ring is 1. The Morgan fingerprint density at radius 3 is 2.00 bits per heavy atom. The molecule has 31 heavy (non-hydrogen) atoms. The second-order valence-electron chi connectivity index (χ2n) is 6.45. The van der Waals surface area contributed by atoms with Crippen LogP contribution in [0.1, 0.15) is 17.0 Å². The van der Waals surface area contributed by atoms with E-state index in [4.69, 9.17) is 17.3 Å². The number of hydrogen-bond acceptors (Lipinski definition) is 5. The van der Waals surface area contributed by atoms with Crippen molar-refractivity contribution in [1.29, 1.82) is 0 Å². The van der Waals surface area contributed by atoms with Crippen LogP contribution in [0.4, 0.5) is 37.7 Å². The van der Waals surface area contributed by atoms with E-state index >= 15 is 0 Å². The quantitative estimate of drug-likeness (QED) is 0.244. The average Bonchev–Trinajstić information content (AvgIpc) is 3.15. The fraction of sp³-hybridized carbons (Fsp3) is 0.105. The van der Waals surface area contributed by atoms with E-state index in [0.29, 0.717) is 16.9 Å². The summed E-state index contributed by atoms with van der Waals surface area (Å²) in [5.74, 6) is 5.91. The Hall–Kier alpha value is -3.67. The smallest absolute Gasteiger partial charge is 0.399 e. The highest BCUT2D eigenvalue weighted by atomic mass is 19.4. The first-order valence-electron chi connectivity index (χ1n) is 8.58. The highest BCUT2D eigenvalue weighted by molar-refractivity contribution is 5.67. The molecule has 0 unspecified atom stereocenters. The molecule has 0 amide bonds. The van der Waals surface area contributed by atoms with E-state index in [9.17, 15) is 26.3 Å². The summed E-state index contributed by atoms with van der Waals surface area (Å²) in [6.45, 7) is 0. The van der Waals surface area contributed by atoms with Crippen LogP contribution in [0.3, 0.4) is 0 Å². The zero-order chi connectivity index (χ0) is 23.0. The summed E-state index contributed by atoms with van der Waals surface area (Å²) in [6.07, 6.45) is -8.69. The van der Waals surface area contributed by atoms with Gasteiger partial charge < -0.3 is 11.5 Å². The second-order valence-corrected chi connectivity index (χ2v) is 6.45. The van der Waals surface area contributed by atoms with Gasteiger partial charge in [0.25, 0.3) is 0 Å². The number of hydrazine groups is 1. The molecule has 0 aliphatic heterocycles. The lowest BCUT2D eigenvalue weighted by Crippen LogP contribution is -2.25. The van der Waals surface area contributed by atoms with E-state index in [1.807, 2.05) is 0 Å². The predicted molar refractivity (Wildman–Crippen MR) is 103 cm³/mol. The third-order valence-electron chi connectivity index (χ3n) is 4.20. The lowest BCUT2D eigenvalue weighted by molar-refractivity contribution is -0.143. The van der Waals surface area contributed by atoms with E-state index in [1.54, 1.807) is 24.3 Å². The standard InChI is InChI=1S/C19H16F6N6/c20-18(21,22)16-9-17(19(23,24)25)31(29-16)14-7-5-13(6-8-14)30(28)10-15(27)11-1-3-12(26)4-2-11/h1-10H,26-28H2/b15-10-. The van der Waals surface area contributed by atoms with Gasteiger partial charge in [-0.1, -0.05) is 12.1 Å². The predicted octanol–water partition coefficient (Wildman–Crippen LogP) is 4.13. The third-order valence-corrected chi connectivity index (χ3v) is 4.20. The Morgan fingerprint density at radius 2 is 1.48 bits per heavy atom. The minimum absolute atomic E-state index is 0.0425. The van der Waals surface area contributed by atoms with Gasteiger partial charge >= 0.3 is 12.4 Å². The van der Waals surface area contributed by atoms with E-state index in [2.05, 4.69) is 5.10 Å². The summed E-state index contributed by atoms with van der Waals surface area (Å²) in [6, 6.07) is 11.5. The molecule has 12 heteroatoms. The minimum Gasteiger partial charge on any atom is -0.399 e.